The van der Waals surface area contributed by atoms with Crippen LogP contribution in [0.1, 0.15) is 38.0 Å². The number of alkyl halides is 3. The van der Waals surface area contributed by atoms with E-state index in [0.717, 1.165) is 27.6 Å². The second kappa shape index (κ2) is 8.39. The molecule has 3 nitrogen and oxygen atoms in total. The normalized spacial score (nSPS) is 12.6. The minimum Gasteiger partial charge on any atom is -0.371 e. The first kappa shape index (κ1) is 21.1. The monoisotopic (exact) mass is 419 g/mol. The Kier molecular flexibility index (Phi) is 6.10. The van der Waals surface area contributed by atoms with E-state index in [0.29, 0.717) is 5.56 Å². The summed E-state index contributed by atoms with van der Waals surface area (Å²) >= 11 is 1.43. The minimum atomic E-state index is -4.44. The van der Waals surface area contributed by atoms with Gasteiger partial charge in [-0.2, -0.15) is 13.2 Å². The molecule has 2 aromatic carbocycles. The largest absolute Gasteiger partial charge is 0.416 e. The SMILES string of the molecule is COC(c1ccccc1)c1cc(C(=O)c2ccc(C(F)(F)F)cc2)c(N(C)C)s1. The number of hydrogen-bond acceptors (Lipinski definition) is 4. The third-order valence-corrected chi connectivity index (χ3v) is 5.80. The van der Waals surface area contributed by atoms with E-state index >= 15 is 0 Å². The van der Waals surface area contributed by atoms with E-state index in [1.807, 2.05) is 49.3 Å². The second-order valence-electron chi connectivity index (χ2n) is 6.69. The maximum Gasteiger partial charge on any atom is 0.416 e. The lowest BCUT2D eigenvalue weighted by Gasteiger charge is -2.14. The molecule has 0 N–H and O–H groups in total. The Labute approximate surface area is 171 Å². The number of carbonyl (C=O) groups excluding carboxylic acids is 1. The van der Waals surface area contributed by atoms with E-state index in [1.54, 1.807) is 13.2 Å². The fourth-order valence-electron chi connectivity index (χ4n) is 3.03. The van der Waals surface area contributed by atoms with E-state index in [9.17, 15) is 18.0 Å². The van der Waals surface area contributed by atoms with E-state index in [1.165, 1.54) is 23.5 Å². The number of methoxy groups -OCH3 is 1. The van der Waals surface area contributed by atoms with Crippen LogP contribution in [-0.4, -0.2) is 27.0 Å². The van der Waals surface area contributed by atoms with Crippen molar-refractivity contribution in [2.75, 3.05) is 26.1 Å². The fraction of sp³-hybridized carbons (Fsp3) is 0.227. The molecule has 0 saturated carbocycles. The highest BCUT2D eigenvalue weighted by molar-refractivity contribution is 7.16. The summed E-state index contributed by atoms with van der Waals surface area (Å²) in [7, 11) is 5.25. The summed E-state index contributed by atoms with van der Waals surface area (Å²) in [5.41, 5.74) is 0.818. The van der Waals surface area contributed by atoms with Crippen molar-refractivity contribution >= 4 is 22.1 Å². The number of thiophene rings is 1. The number of ether oxygens (including phenoxy) is 1. The third kappa shape index (κ3) is 4.52. The lowest BCUT2D eigenvalue weighted by Crippen LogP contribution is -2.12. The molecule has 1 aromatic heterocycles. The topological polar surface area (TPSA) is 29.5 Å². The van der Waals surface area contributed by atoms with E-state index in [-0.39, 0.29) is 17.5 Å². The average Bonchev–Trinajstić information content (AvgIpc) is 3.14. The van der Waals surface area contributed by atoms with Crippen LogP contribution in [0.4, 0.5) is 18.2 Å². The fourth-order valence-corrected chi connectivity index (χ4v) is 4.22. The Balaban J connectivity index is 1.99. The first-order valence-corrected chi connectivity index (χ1v) is 9.64. The summed E-state index contributed by atoms with van der Waals surface area (Å²) in [4.78, 5) is 15.7. The molecule has 0 saturated heterocycles. The molecule has 0 fully saturated rings. The summed E-state index contributed by atoms with van der Waals surface area (Å²) < 4.78 is 44.1. The quantitative estimate of drug-likeness (QED) is 0.473. The third-order valence-electron chi connectivity index (χ3n) is 4.45. The van der Waals surface area contributed by atoms with Gasteiger partial charge in [0.2, 0.25) is 0 Å². The van der Waals surface area contributed by atoms with Gasteiger partial charge in [0.05, 0.1) is 11.1 Å². The van der Waals surface area contributed by atoms with Crippen molar-refractivity contribution in [3.05, 3.63) is 87.8 Å². The van der Waals surface area contributed by atoms with Crippen molar-refractivity contribution in [2.45, 2.75) is 12.3 Å². The maximum absolute atomic E-state index is 13.1. The molecule has 0 aliphatic heterocycles. The molecular formula is C22H20F3NO2S. The van der Waals surface area contributed by atoms with Crippen molar-refractivity contribution in [1.29, 1.82) is 0 Å². The lowest BCUT2D eigenvalue weighted by molar-refractivity contribution is -0.137. The Bertz CT molecular complexity index is 980. The number of benzene rings is 2. The van der Waals surface area contributed by atoms with Gasteiger partial charge in [-0.15, -0.1) is 11.3 Å². The molecule has 0 aliphatic rings. The van der Waals surface area contributed by atoms with Crippen LogP contribution in [0.5, 0.6) is 0 Å². The zero-order valence-corrected chi connectivity index (χ0v) is 17.0. The minimum absolute atomic E-state index is 0.208. The molecule has 3 rings (SSSR count). The molecule has 1 atom stereocenters. The van der Waals surface area contributed by atoms with Crippen molar-refractivity contribution < 1.29 is 22.7 Å². The van der Waals surface area contributed by atoms with Crippen LogP contribution in [0.3, 0.4) is 0 Å². The number of carbonyl (C=O) groups is 1. The van der Waals surface area contributed by atoms with Gasteiger partial charge < -0.3 is 9.64 Å². The molecule has 0 aliphatic carbocycles. The van der Waals surface area contributed by atoms with Gasteiger partial charge in [-0.3, -0.25) is 4.79 Å². The van der Waals surface area contributed by atoms with Crippen LogP contribution < -0.4 is 4.90 Å². The number of hydrogen-bond donors (Lipinski definition) is 0. The highest BCUT2D eigenvalue weighted by Gasteiger charge is 2.30. The Morgan fingerprint density at radius 3 is 2.17 bits per heavy atom. The van der Waals surface area contributed by atoms with Gasteiger partial charge in [0, 0.05) is 31.6 Å². The van der Waals surface area contributed by atoms with Crippen LogP contribution in [-0.2, 0) is 10.9 Å². The molecule has 0 bridgehead atoms. The number of nitrogens with zero attached hydrogens (tertiary/aromatic N) is 1. The summed E-state index contributed by atoms with van der Waals surface area (Å²) in [6, 6.07) is 15.7. The second-order valence-corrected chi connectivity index (χ2v) is 7.75. The number of ketones is 1. The van der Waals surface area contributed by atoms with E-state index < -0.39 is 11.7 Å². The van der Waals surface area contributed by atoms with Gasteiger partial charge in [-0.1, -0.05) is 42.5 Å². The standard InChI is InChI=1S/C22H20F3NO2S/c1-26(2)21-17(19(27)14-9-11-16(12-10-14)22(23,24)25)13-18(29-21)20(28-3)15-7-5-4-6-8-15/h4-13,20H,1-3H3. The van der Waals surface area contributed by atoms with Crippen molar-refractivity contribution in [3.63, 3.8) is 0 Å². The summed E-state index contributed by atoms with van der Waals surface area (Å²) in [6.07, 6.45) is -4.78. The molecular weight excluding hydrogens is 399 g/mol. The molecule has 1 unspecified atom stereocenters. The highest BCUT2D eigenvalue weighted by atomic mass is 32.1. The lowest BCUT2D eigenvalue weighted by atomic mass is 10.0. The van der Waals surface area contributed by atoms with Crippen molar-refractivity contribution in [2.24, 2.45) is 0 Å². The van der Waals surface area contributed by atoms with Crippen molar-refractivity contribution in [3.8, 4) is 0 Å². The van der Waals surface area contributed by atoms with Gasteiger partial charge in [0.1, 0.15) is 11.1 Å². The number of halogens is 3. The Morgan fingerprint density at radius 2 is 1.66 bits per heavy atom. The van der Waals surface area contributed by atoms with Gasteiger partial charge in [0.15, 0.2) is 5.78 Å². The van der Waals surface area contributed by atoms with Gasteiger partial charge in [-0.25, -0.2) is 0 Å². The first-order chi connectivity index (χ1) is 13.7. The smallest absolute Gasteiger partial charge is 0.371 e. The highest BCUT2D eigenvalue weighted by Crippen LogP contribution is 2.39. The van der Waals surface area contributed by atoms with Crippen LogP contribution in [0.15, 0.2) is 60.7 Å². The maximum atomic E-state index is 13.1. The summed E-state index contributed by atoms with van der Waals surface area (Å²) in [6.45, 7) is 0. The zero-order valence-electron chi connectivity index (χ0n) is 16.2. The summed E-state index contributed by atoms with van der Waals surface area (Å²) in [5, 5.41) is 0.725. The first-order valence-electron chi connectivity index (χ1n) is 8.83. The molecule has 0 amide bonds. The van der Waals surface area contributed by atoms with E-state index in [4.69, 9.17) is 4.74 Å². The Morgan fingerprint density at radius 1 is 1.03 bits per heavy atom. The number of anilines is 1. The molecule has 7 heteroatoms. The van der Waals surface area contributed by atoms with Crippen LogP contribution in [0, 0.1) is 0 Å². The van der Waals surface area contributed by atoms with Crippen molar-refractivity contribution in [1.82, 2.24) is 0 Å². The van der Waals surface area contributed by atoms with Gasteiger partial charge in [-0.05, 0) is 23.8 Å². The summed E-state index contributed by atoms with van der Waals surface area (Å²) in [5.74, 6) is -0.326. The number of rotatable bonds is 6. The molecule has 152 valence electrons. The van der Waals surface area contributed by atoms with Gasteiger partial charge in [0.25, 0.3) is 0 Å². The molecule has 0 radical (unpaired) electrons. The Hall–Kier alpha value is -2.64. The molecule has 29 heavy (non-hydrogen) atoms. The predicted octanol–water partition coefficient (Wildman–Crippen LogP) is 5.80. The van der Waals surface area contributed by atoms with Crippen LogP contribution in [0.2, 0.25) is 0 Å². The zero-order chi connectivity index (χ0) is 21.2. The van der Waals surface area contributed by atoms with Gasteiger partial charge >= 0.3 is 6.18 Å². The van der Waals surface area contributed by atoms with E-state index in [2.05, 4.69) is 0 Å². The predicted molar refractivity (Wildman–Crippen MR) is 109 cm³/mol. The molecule has 0 spiro atoms. The average molecular weight is 419 g/mol. The molecule has 3 aromatic rings. The van der Waals surface area contributed by atoms with Crippen LogP contribution >= 0.6 is 11.3 Å². The molecule has 1 heterocycles. The van der Waals surface area contributed by atoms with Crippen LogP contribution in [0.25, 0.3) is 0 Å².